The summed E-state index contributed by atoms with van der Waals surface area (Å²) < 4.78 is 22.7. The molecule has 1 N–H and O–H groups in total. The highest BCUT2D eigenvalue weighted by Crippen LogP contribution is 2.47. The molecule has 7 nitrogen and oxygen atoms in total. The Bertz CT molecular complexity index is 794. The van der Waals surface area contributed by atoms with Gasteiger partial charge in [-0.1, -0.05) is 25.4 Å². The third kappa shape index (κ3) is 2.63. The molecule has 1 aliphatic heterocycles. The van der Waals surface area contributed by atoms with Crippen LogP contribution in [-0.2, 0) is 9.53 Å². The van der Waals surface area contributed by atoms with E-state index in [9.17, 15) is 4.79 Å². The number of ether oxygens (including phenoxy) is 1. The number of hydrogen-bond acceptors (Lipinski definition) is 5. The Hall–Kier alpha value is -1.80. The topological polar surface area (TPSA) is 81.9 Å². The number of nitrogens with zero attached hydrogens (tertiary/aromatic N) is 4. The molecule has 0 aliphatic carbocycles. The Labute approximate surface area is 143 Å². The zero-order valence-corrected chi connectivity index (χ0v) is 14.6. The summed E-state index contributed by atoms with van der Waals surface area (Å²) in [5.41, 5.74) is -0.950. The highest BCUT2D eigenvalue weighted by Gasteiger charge is 2.52. The number of alkyl halides is 1. The van der Waals surface area contributed by atoms with Crippen LogP contribution in [0.1, 0.15) is 40.3 Å². The molecule has 2 aromatic rings. The number of nitrogens with one attached hydrogen (secondary N) is 1. The number of anilines is 1. The average Bonchev–Trinajstić information content (AvgIpc) is 2.99. The lowest BCUT2D eigenvalue weighted by atomic mass is 9.88. The first-order valence-corrected chi connectivity index (χ1v) is 8.15. The Morgan fingerprint density at radius 2 is 2.25 bits per heavy atom. The number of carbonyl (C=O) groups excluding carboxylic acids is 1. The van der Waals surface area contributed by atoms with E-state index in [1.54, 1.807) is 0 Å². The van der Waals surface area contributed by atoms with Gasteiger partial charge in [0.05, 0.1) is 12.4 Å². The van der Waals surface area contributed by atoms with Crippen molar-refractivity contribution in [2.45, 2.75) is 52.1 Å². The molecule has 0 bridgehead atoms. The largest absolute Gasteiger partial charge is 0.351 e. The zero-order chi connectivity index (χ0) is 17.6. The van der Waals surface area contributed by atoms with Crippen LogP contribution in [0.2, 0.25) is 5.15 Å². The number of aromatic nitrogens is 4. The normalized spacial score (nSPS) is 30.0. The highest BCUT2D eigenvalue weighted by atomic mass is 35.5. The van der Waals surface area contributed by atoms with Crippen molar-refractivity contribution < 1.29 is 13.9 Å². The lowest BCUT2D eigenvalue weighted by molar-refractivity contribution is -0.114. The number of imidazole rings is 1. The van der Waals surface area contributed by atoms with Gasteiger partial charge in [-0.05, 0) is 13.3 Å². The van der Waals surface area contributed by atoms with E-state index in [4.69, 9.17) is 16.3 Å². The standard InChI is InChI=1S/C15H19ClFN5O2/c1-5-9-7(2)15(4,17)13(24-9)22-6-18-10-11(16)20-14(19-8(3)23)21-12(10)22/h6-7,9,13H,5H2,1-4H3,(H,19,20,21,23)/t7-,9-,13-,15?/m1/s1. The van der Waals surface area contributed by atoms with Crippen LogP contribution in [0.25, 0.3) is 11.2 Å². The molecule has 0 spiro atoms. The second-order valence-corrected chi connectivity index (χ2v) is 6.58. The first kappa shape index (κ1) is 17.0. The summed E-state index contributed by atoms with van der Waals surface area (Å²) in [6, 6.07) is 0. The fraction of sp³-hybridized carbons (Fsp3) is 0.600. The van der Waals surface area contributed by atoms with Crippen LogP contribution in [0.3, 0.4) is 0 Å². The minimum Gasteiger partial charge on any atom is -0.351 e. The number of amides is 1. The average molecular weight is 356 g/mol. The van der Waals surface area contributed by atoms with E-state index in [0.29, 0.717) is 17.6 Å². The van der Waals surface area contributed by atoms with Gasteiger partial charge in [-0.25, -0.2) is 9.37 Å². The molecule has 1 saturated heterocycles. The summed E-state index contributed by atoms with van der Waals surface area (Å²) in [7, 11) is 0. The second-order valence-electron chi connectivity index (χ2n) is 6.22. The molecule has 4 atom stereocenters. The predicted octanol–water partition coefficient (Wildman–Crippen LogP) is 3.11. The molecule has 1 aliphatic rings. The van der Waals surface area contributed by atoms with Gasteiger partial charge in [0.1, 0.15) is 5.52 Å². The SMILES string of the molecule is CC[C@H]1O[C@@H](n2cnc3c(Cl)nc(NC(C)=O)nc32)C(C)(F)[C@@H]1C. The Kier molecular flexibility index (Phi) is 4.21. The van der Waals surface area contributed by atoms with Crippen LogP contribution in [-0.4, -0.2) is 37.2 Å². The molecule has 1 unspecified atom stereocenters. The molecule has 24 heavy (non-hydrogen) atoms. The van der Waals surface area contributed by atoms with Crippen LogP contribution in [0, 0.1) is 5.92 Å². The lowest BCUT2D eigenvalue weighted by Gasteiger charge is -2.25. The fourth-order valence-electron chi connectivity index (χ4n) is 3.06. The molecule has 130 valence electrons. The van der Waals surface area contributed by atoms with E-state index in [0.717, 1.165) is 0 Å². The minimum absolute atomic E-state index is 0.0420. The molecule has 0 radical (unpaired) electrons. The van der Waals surface area contributed by atoms with Gasteiger partial charge in [0.15, 0.2) is 22.7 Å². The Balaban J connectivity index is 2.10. The number of carbonyl (C=O) groups is 1. The maximum atomic E-state index is 15.3. The quantitative estimate of drug-likeness (QED) is 0.855. The number of fused-ring (bicyclic) bond motifs is 1. The van der Waals surface area contributed by atoms with Crippen molar-refractivity contribution >= 4 is 34.6 Å². The van der Waals surface area contributed by atoms with Crippen LogP contribution < -0.4 is 5.32 Å². The molecular formula is C15H19ClFN5O2. The zero-order valence-electron chi connectivity index (χ0n) is 13.9. The molecule has 2 aromatic heterocycles. The molecule has 9 heteroatoms. The van der Waals surface area contributed by atoms with E-state index in [-0.39, 0.29) is 29.0 Å². The van der Waals surface area contributed by atoms with Crippen molar-refractivity contribution in [2.24, 2.45) is 5.92 Å². The first-order chi connectivity index (χ1) is 11.3. The van der Waals surface area contributed by atoms with E-state index < -0.39 is 11.9 Å². The van der Waals surface area contributed by atoms with Crippen molar-refractivity contribution in [3.63, 3.8) is 0 Å². The monoisotopic (exact) mass is 355 g/mol. The maximum absolute atomic E-state index is 15.3. The van der Waals surface area contributed by atoms with Gasteiger partial charge in [-0.3, -0.25) is 14.7 Å². The first-order valence-electron chi connectivity index (χ1n) is 7.77. The van der Waals surface area contributed by atoms with Crippen molar-refractivity contribution in [3.8, 4) is 0 Å². The van der Waals surface area contributed by atoms with E-state index >= 15 is 4.39 Å². The van der Waals surface area contributed by atoms with Crippen molar-refractivity contribution in [1.29, 1.82) is 0 Å². The predicted molar refractivity (Wildman–Crippen MR) is 87.5 cm³/mol. The fourth-order valence-corrected chi connectivity index (χ4v) is 3.27. The van der Waals surface area contributed by atoms with Gasteiger partial charge in [-0.2, -0.15) is 9.97 Å². The molecule has 1 fully saturated rings. The smallest absolute Gasteiger partial charge is 0.232 e. The summed E-state index contributed by atoms with van der Waals surface area (Å²) in [5, 5.41) is 2.56. The van der Waals surface area contributed by atoms with Gasteiger partial charge < -0.3 is 4.74 Å². The van der Waals surface area contributed by atoms with Crippen molar-refractivity contribution in [2.75, 3.05) is 5.32 Å². The van der Waals surface area contributed by atoms with Gasteiger partial charge >= 0.3 is 0 Å². The molecule has 0 saturated carbocycles. The minimum atomic E-state index is -1.60. The summed E-state index contributed by atoms with van der Waals surface area (Å²) in [5.74, 6) is -0.568. The number of rotatable bonds is 3. The summed E-state index contributed by atoms with van der Waals surface area (Å²) in [6.07, 6.45) is 1.07. The molecule has 1 amide bonds. The Morgan fingerprint density at radius 3 is 2.83 bits per heavy atom. The van der Waals surface area contributed by atoms with Gasteiger partial charge in [-0.15, -0.1) is 0 Å². The van der Waals surface area contributed by atoms with Crippen molar-refractivity contribution in [1.82, 2.24) is 19.5 Å². The third-order valence-corrected chi connectivity index (χ3v) is 4.82. The van der Waals surface area contributed by atoms with Gasteiger partial charge in [0.2, 0.25) is 11.9 Å². The summed E-state index contributed by atoms with van der Waals surface area (Å²) in [4.78, 5) is 23.6. The lowest BCUT2D eigenvalue weighted by Crippen LogP contribution is -2.33. The van der Waals surface area contributed by atoms with Gasteiger partial charge in [0.25, 0.3) is 0 Å². The molecule has 3 rings (SSSR count). The molecular weight excluding hydrogens is 337 g/mol. The van der Waals surface area contributed by atoms with Crippen LogP contribution in [0.4, 0.5) is 10.3 Å². The summed E-state index contributed by atoms with van der Waals surface area (Å²) in [6.45, 7) is 6.64. The van der Waals surface area contributed by atoms with Gasteiger partial charge in [0, 0.05) is 12.8 Å². The van der Waals surface area contributed by atoms with Crippen molar-refractivity contribution in [3.05, 3.63) is 11.5 Å². The van der Waals surface area contributed by atoms with Crippen LogP contribution in [0.15, 0.2) is 6.33 Å². The number of hydrogen-bond donors (Lipinski definition) is 1. The third-order valence-electron chi connectivity index (χ3n) is 4.56. The molecule has 0 aromatic carbocycles. The maximum Gasteiger partial charge on any atom is 0.232 e. The molecule has 3 heterocycles. The number of halogens is 2. The Morgan fingerprint density at radius 1 is 1.54 bits per heavy atom. The van der Waals surface area contributed by atoms with Crippen LogP contribution in [0.5, 0.6) is 0 Å². The summed E-state index contributed by atoms with van der Waals surface area (Å²) >= 11 is 6.11. The van der Waals surface area contributed by atoms with E-state index in [1.165, 1.54) is 24.7 Å². The van der Waals surface area contributed by atoms with Crippen LogP contribution >= 0.6 is 11.6 Å². The highest BCUT2D eigenvalue weighted by molar-refractivity contribution is 6.33. The second kappa shape index (κ2) is 5.93. The van der Waals surface area contributed by atoms with E-state index in [1.807, 2.05) is 13.8 Å². The van der Waals surface area contributed by atoms with E-state index in [2.05, 4.69) is 20.3 Å².